The zero-order valence-corrected chi connectivity index (χ0v) is 46.2. The van der Waals surface area contributed by atoms with Crippen molar-refractivity contribution in [3.8, 4) is 0 Å². The Labute approximate surface area is 472 Å². The Morgan fingerprint density at radius 1 is 0.679 bits per heavy atom. The minimum absolute atomic E-state index is 0.143. The number of carboxylic acids is 1. The predicted molar refractivity (Wildman–Crippen MR) is 297 cm³/mol. The molecule has 18 unspecified atom stereocenters. The van der Waals surface area contributed by atoms with Gasteiger partial charge in [-0.25, -0.2) is 0 Å². The van der Waals surface area contributed by atoms with E-state index in [1.807, 2.05) is 0 Å². The number of anilines is 1. The number of nitrogens with two attached hydrogens (primary N) is 1. The number of aliphatic hydroxyl groups excluding tert-OH is 10. The molecule has 1 saturated heterocycles. The molecule has 0 amide bonds. The average molecular weight is 1140 g/mol. The summed E-state index contributed by atoms with van der Waals surface area (Å²) in [5.74, 6) is -8.62. The van der Waals surface area contributed by atoms with E-state index < -0.39 is 190 Å². The molecule has 1 aromatic carbocycles. The first kappa shape index (κ1) is 69.6. The van der Waals surface area contributed by atoms with Crippen LogP contribution in [-0.2, 0) is 38.2 Å². The first-order chi connectivity index (χ1) is 38.3. The number of hydrogen-bond donors (Lipinski definition) is 13. The summed E-state index contributed by atoms with van der Waals surface area (Å²) >= 11 is 0. The second-order valence-corrected chi connectivity index (χ2v) is 20.8. The van der Waals surface area contributed by atoms with Crippen LogP contribution in [0.3, 0.4) is 0 Å². The van der Waals surface area contributed by atoms with Crippen LogP contribution in [0.15, 0.2) is 109 Å². The van der Waals surface area contributed by atoms with E-state index in [-0.39, 0.29) is 18.6 Å². The highest BCUT2D eigenvalue weighted by atomic mass is 16.7. The van der Waals surface area contributed by atoms with Crippen molar-refractivity contribution in [1.29, 1.82) is 0 Å². The van der Waals surface area contributed by atoms with Gasteiger partial charge in [0.2, 0.25) is 0 Å². The van der Waals surface area contributed by atoms with Crippen molar-refractivity contribution in [2.75, 3.05) is 12.4 Å². The average Bonchev–Trinajstić information content (AvgIpc) is 3.39. The number of aliphatic carboxylic acids is 1. The highest BCUT2D eigenvalue weighted by Gasteiger charge is 2.43. The van der Waals surface area contributed by atoms with Crippen LogP contribution in [0, 0.1) is 17.8 Å². The number of cyclic esters (lactones) is 1. The summed E-state index contributed by atoms with van der Waals surface area (Å²) in [6.45, 7) is 5.07. The van der Waals surface area contributed by atoms with Gasteiger partial charge in [0, 0.05) is 62.7 Å². The fourth-order valence-electron chi connectivity index (χ4n) is 9.24. The first-order valence-corrected chi connectivity index (χ1v) is 27.2. The quantitative estimate of drug-likeness (QED) is 0.0853. The maximum atomic E-state index is 13.3. The van der Waals surface area contributed by atoms with Crippen LogP contribution in [0.4, 0.5) is 5.69 Å². The van der Waals surface area contributed by atoms with Crippen LogP contribution in [0.5, 0.6) is 0 Å². The minimum Gasteiger partial charge on any atom is -0.481 e. The molecule has 22 heteroatoms. The molecule has 1 aromatic rings. The number of rotatable bonds is 11. The fourth-order valence-corrected chi connectivity index (χ4v) is 9.24. The summed E-state index contributed by atoms with van der Waals surface area (Å²) < 4.78 is 17.4. The van der Waals surface area contributed by atoms with Gasteiger partial charge in [0.1, 0.15) is 42.2 Å². The van der Waals surface area contributed by atoms with Crippen molar-refractivity contribution < 1.29 is 99.1 Å². The monoisotopic (exact) mass is 1140 g/mol. The number of benzene rings is 1. The largest absolute Gasteiger partial charge is 0.481 e. The molecule has 18 atom stereocenters. The standard InChI is InChI=1S/C59H84N2O20/c1-34-17-15-13-11-9-7-5-6-8-10-12-14-16-18-45(80-59-56(76)53(60)54(74)36(3)79-59)33-48(70)52(58(77)78)47(69)29-42(65)26-40(63)25-41(64)27-43(66)30-49(71)55(75)50(72)31-44(67)32-51(73)81-57(34)35(2)19-24-39(62)28-46(68)37-20-22-38(61-4)23-21-37/h5-18,20-23,34-36,39-41,43,45,47-48,50,52-57,59,61-64,66,69-70,72,74-76H,19,24-33,60H2,1-4H3,(H,77,78). The van der Waals surface area contributed by atoms with Gasteiger partial charge in [-0.05, 0) is 62.8 Å². The summed E-state index contributed by atoms with van der Waals surface area (Å²) in [6.07, 6.45) is -2.98. The van der Waals surface area contributed by atoms with E-state index in [1.54, 1.807) is 118 Å². The molecule has 450 valence electrons. The minimum atomic E-state index is -2.20. The summed E-state index contributed by atoms with van der Waals surface area (Å²) in [5, 5.41) is 120. The van der Waals surface area contributed by atoms with Crippen LogP contribution in [0.25, 0.3) is 0 Å². The lowest BCUT2D eigenvalue weighted by Gasteiger charge is -2.41. The van der Waals surface area contributed by atoms with E-state index in [4.69, 9.17) is 19.9 Å². The third-order valence-electron chi connectivity index (χ3n) is 13.9. The molecular formula is C59H84N2O20. The SMILES string of the molecule is CNc1ccc(C(=O)CC(O)CCC(C)C2OC(=O)CC(=O)CC(O)C(O)C(=O)CC(O)CC(O)CC(O)CC(=O)CC(O)C(C(=O)O)C(O)CC(OC3OC(C)C(O)C(N)C3O)C=CC=CC=CC=CC=CC=CC=CC2C)cc1. The summed E-state index contributed by atoms with van der Waals surface area (Å²) in [5.41, 5.74) is 7.23. The third-order valence-corrected chi connectivity index (χ3v) is 13.9. The maximum Gasteiger partial charge on any atom is 0.313 e. The van der Waals surface area contributed by atoms with Crippen molar-refractivity contribution in [2.45, 2.75) is 183 Å². The Kier molecular flexibility index (Phi) is 30.9. The highest BCUT2D eigenvalue weighted by molar-refractivity contribution is 5.97. The Hall–Kier alpha value is -5.70. The Balaban J connectivity index is 1.85. The van der Waals surface area contributed by atoms with E-state index >= 15 is 0 Å². The van der Waals surface area contributed by atoms with Crippen LogP contribution in [0.1, 0.15) is 102 Å². The molecule has 2 aliphatic rings. The molecule has 1 fully saturated rings. The molecule has 0 spiro atoms. The Bertz CT molecular complexity index is 2370. The van der Waals surface area contributed by atoms with Crippen LogP contribution < -0.4 is 11.1 Å². The van der Waals surface area contributed by atoms with Crippen molar-refractivity contribution in [2.24, 2.45) is 23.5 Å². The number of aliphatic hydroxyl groups is 10. The molecular weight excluding hydrogens is 1060 g/mol. The van der Waals surface area contributed by atoms with Crippen molar-refractivity contribution in [1.82, 2.24) is 0 Å². The van der Waals surface area contributed by atoms with Crippen molar-refractivity contribution >= 4 is 40.8 Å². The number of nitrogens with one attached hydrogen (secondary N) is 1. The topological polar surface area (TPSA) is 391 Å². The predicted octanol–water partition coefficient (Wildman–Crippen LogP) is 1.77. The van der Waals surface area contributed by atoms with E-state index in [2.05, 4.69) is 5.32 Å². The molecule has 3 rings (SSSR count). The molecule has 2 heterocycles. The van der Waals surface area contributed by atoms with E-state index in [0.717, 1.165) is 5.69 Å². The lowest BCUT2D eigenvalue weighted by Crippen LogP contribution is -2.61. The van der Waals surface area contributed by atoms with E-state index in [1.165, 1.54) is 19.1 Å². The Morgan fingerprint density at radius 3 is 1.79 bits per heavy atom. The van der Waals surface area contributed by atoms with Gasteiger partial charge in [0.05, 0.1) is 67.1 Å². The van der Waals surface area contributed by atoms with Crippen LogP contribution in [-0.4, -0.2) is 190 Å². The zero-order chi connectivity index (χ0) is 60.3. The molecule has 2 aliphatic heterocycles. The number of Topliss-reactive ketones (excluding diaryl/α,β-unsaturated/α-hetero) is 4. The number of carboxylic acid groups (broad SMARTS) is 1. The third kappa shape index (κ3) is 25.1. The number of carbonyl (C=O) groups excluding carboxylic acids is 5. The molecule has 0 bridgehead atoms. The second-order valence-electron chi connectivity index (χ2n) is 20.8. The van der Waals surface area contributed by atoms with Gasteiger partial charge >= 0.3 is 11.9 Å². The number of allylic oxidation sites excluding steroid dienone is 12. The lowest BCUT2D eigenvalue weighted by atomic mass is 9.88. The van der Waals surface area contributed by atoms with Crippen LogP contribution in [0.2, 0.25) is 0 Å². The molecule has 22 nitrogen and oxygen atoms in total. The van der Waals surface area contributed by atoms with Crippen molar-refractivity contribution in [3.05, 3.63) is 115 Å². The number of esters is 1. The number of carbonyl (C=O) groups is 6. The van der Waals surface area contributed by atoms with Gasteiger partial charge in [0.15, 0.2) is 17.9 Å². The van der Waals surface area contributed by atoms with E-state index in [9.17, 15) is 84.9 Å². The van der Waals surface area contributed by atoms with Gasteiger partial charge < -0.3 is 81.4 Å². The van der Waals surface area contributed by atoms with Crippen LogP contribution >= 0.6 is 0 Å². The normalized spacial score (nSPS) is 32.8. The number of ether oxygens (including phenoxy) is 3. The van der Waals surface area contributed by atoms with Gasteiger partial charge in [-0.1, -0.05) is 98.9 Å². The van der Waals surface area contributed by atoms with Gasteiger partial charge in [-0.2, -0.15) is 0 Å². The number of ketones is 4. The zero-order valence-electron chi connectivity index (χ0n) is 46.2. The molecule has 0 radical (unpaired) electrons. The first-order valence-electron chi connectivity index (χ1n) is 27.2. The van der Waals surface area contributed by atoms with Gasteiger partial charge in [0.25, 0.3) is 0 Å². The van der Waals surface area contributed by atoms with Crippen molar-refractivity contribution in [3.63, 3.8) is 0 Å². The van der Waals surface area contributed by atoms with Gasteiger partial charge in [-0.3, -0.25) is 28.8 Å². The summed E-state index contributed by atoms with van der Waals surface area (Å²) in [4.78, 5) is 77.4. The fraction of sp³-hybridized carbons (Fsp3) is 0.559. The lowest BCUT2D eigenvalue weighted by molar-refractivity contribution is -0.277. The molecule has 0 saturated carbocycles. The molecule has 81 heavy (non-hydrogen) atoms. The smallest absolute Gasteiger partial charge is 0.313 e. The molecule has 14 N–H and O–H groups in total. The Morgan fingerprint density at radius 2 is 1.22 bits per heavy atom. The van der Waals surface area contributed by atoms with E-state index in [0.29, 0.717) is 12.0 Å². The van der Waals surface area contributed by atoms with Gasteiger partial charge in [-0.15, -0.1) is 0 Å². The summed E-state index contributed by atoms with van der Waals surface area (Å²) in [6, 6.07) is 5.62. The maximum absolute atomic E-state index is 13.3. The number of hydrogen-bond acceptors (Lipinski definition) is 21. The highest BCUT2D eigenvalue weighted by Crippen LogP contribution is 2.28. The molecule has 0 aliphatic carbocycles. The molecule has 0 aromatic heterocycles. The summed E-state index contributed by atoms with van der Waals surface area (Å²) in [7, 11) is 1.75. The second kappa shape index (κ2) is 36.0.